The summed E-state index contributed by atoms with van der Waals surface area (Å²) in [5.74, 6) is -12.3. The Morgan fingerprint density at radius 1 is 0.793 bits per heavy atom. The van der Waals surface area contributed by atoms with E-state index < -0.39 is 188 Å². The third kappa shape index (κ3) is 14.7. The number of ether oxygens (including phenoxy) is 1. The zero-order chi connectivity index (χ0) is 59.1. The van der Waals surface area contributed by atoms with Crippen LogP contribution in [0.15, 0.2) is 66.7 Å². The first-order valence-electron chi connectivity index (χ1n) is 25.2. The molecule has 3 aromatic rings. The molecule has 32 heteroatoms. The van der Waals surface area contributed by atoms with Crippen molar-refractivity contribution in [2.24, 2.45) is 11.7 Å². The smallest absolute Gasteiger partial charge is 0.691 e. The number of aliphatic hydroxyl groups is 8. The van der Waals surface area contributed by atoms with Crippen LogP contribution in [0.2, 0.25) is 0 Å². The van der Waals surface area contributed by atoms with Crippen LogP contribution in [-0.2, 0) is 47.7 Å². The number of hydrogen-bond acceptors (Lipinski definition) is 23. The van der Waals surface area contributed by atoms with Crippen molar-refractivity contribution in [2.45, 2.75) is 124 Å². The SMILES string of the molecule is CC(O)C1NC(=O)C(NC(=O)OCC2c3ccccc3-c3ccccc32)CC(O)C(O)NC(=O)C2C(O)C(C)CN2C(=O)C(C(O)CC(N)=O)NC(=O)C(C(O)C(O)c2ccc(O)c(OSOO[O-])c2)NC(=O)C2CC(O)CN2C1=O.[Na+]. The van der Waals surface area contributed by atoms with Crippen LogP contribution in [-0.4, -0.2) is 202 Å². The number of phenolic OH excluding ortho intramolecular Hbond substituents is 1. The van der Waals surface area contributed by atoms with Crippen molar-refractivity contribution in [1.82, 2.24) is 36.4 Å². The average Bonchev–Trinajstić information content (AvgIpc) is 4.11. The molecule has 30 nitrogen and oxygen atoms in total. The number of nitrogens with zero attached hydrogens (tertiary/aromatic N) is 2. The Kier molecular flexibility index (Phi) is 22.4. The quantitative estimate of drug-likeness (QED) is 0.0234. The second kappa shape index (κ2) is 28.3. The van der Waals surface area contributed by atoms with Gasteiger partial charge in [0.05, 0.1) is 30.8 Å². The van der Waals surface area contributed by atoms with Gasteiger partial charge in [-0.15, -0.1) is 4.33 Å². The van der Waals surface area contributed by atoms with E-state index in [-0.39, 0.29) is 54.1 Å². The minimum absolute atomic E-state index is 0. The number of carbonyl (C=O) groups excluding carboxylic acids is 8. The van der Waals surface area contributed by atoms with Gasteiger partial charge in [0.1, 0.15) is 61.2 Å². The van der Waals surface area contributed by atoms with Crippen LogP contribution in [0.25, 0.3) is 11.1 Å². The summed E-state index contributed by atoms with van der Waals surface area (Å²) in [6.07, 6.45) is -20.9. The van der Waals surface area contributed by atoms with Crippen LogP contribution < -0.4 is 71.3 Å². The first kappa shape index (κ1) is 64.9. The zero-order valence-electron chi connectivity index (χ0n) is 44.0. The summed E-state index contributed by atoms with van der Waals surface area (Å²) < 4.78 is 14.6. The third-order valence-electron chi connectivity index (χ3n) is 14.4. The summed E-state index contributed by atoms with van der Waals surface area (Å²) in [7, 11) is 0. The van der Waals surface area contributed by atoms with Crippen LogP contribution in [0.3, 0.4) is 0 Å². The van der Waals surface area contributed by atoms with Gasteiger partial charge < -0.3 is 102 Å². The Balaban J connectivity index is 0.0000108. The van der Waals surface area contributed by atoms with Crippen molar-refractivity contribution in [3.8, 4) is 22.6 Å². The Morgan fingerprint density at radius 3 is 2.02 bits per heavy atom. The molecule has 0 bridgehead atoms. The molecule has 15 unspecified atom stereocenters. The summed E-state index contributed by atoms with van der Waals surface area (Å²) in [4.78, 5) is 114. The fourth-order valence-corrected chi connectivity index (χ4v) is 10.5. The standard InChI is InChI=1S/C50H62N8O22S.Na/c1-20-17-58-39(40(20)65)47(72)56-45(70)33(63)15-29(52-50(75)77-19-28-26-9-5-3-7-24(26)25-8-4-6-10-27(25)28)43(68)53-36(21(2)59)48(73)57-18-23(60)14-30(57)44(69)55-38(46(71)54-37(49(58)74)32(62)16-35(51)64)42(67)41(66)22-11-12-31(61)34(13-22)78-81-80-79-76;/h3-13,20-21,23,28-30,32-33,36-42,45,59-63,65-67,70,76H,14-19H2,1-2H3,(H2,51,64)(H,52,75)(H,53,68)(H,54,71)(H,55,69)(H,56,72);/q;+1/p-1. The Bertz CT molecular complexity index is 2800. The van der Waals surface area contributed by atoms with E-state index in [1.165, 1.54) is 6.92 Å². The molecule has 82 heavy (non-hydrogen) atoms. The van der Waals surface area contributed by atoms with Crippen molar-refractivity contribution >= 4 is 59.8 Å². The maximum atomic E-state index is 14.6. The molecule has 0 spiro atoms. The molecule has 0 aromatic heterocycles. The number of carbonyl (C=O) groups is 8. The van der Waals surface area contributed by atoms with E-state index in [1.807, 2.05) is 41.7 Å². The Morgan fingerprint density at radius 2 is 1.40 bits per heavy atom. The fourth-order valence-electron chi connectivity index (χ4n) is 10.2. The Labute approximate surface area is 492 Å². The van der Waals surface area contributed by atoms with E-state index in [2.05, 4.69) is 30.6 Å². The number of alkyl carbamates (subject to hydrolysis) is 1. The van der Waals surface area contributed by atoms with Crippen molar-refractivity contribution in [3.05, 3.63) is 83.4 Å². The molecule has 15 atom stereocenters. The van der Waals surface area contributed by atoms with Gasteiger partial charge in [-0.25, -0.2) is 4.79 Å². The molecule has 16 N–H and O–H groups in total. The molecule has 1 aliphatic carbocycles. The molecule has 3 aliphatic heterocycles. The number of hydrogen-bond donors (Lipinski definition) is 15. The van der Waals surface area contributed by atoms with Crippen molar-refractivity contribution < 1.29 is 137 Å². The second-order valence-corrected chi connectivity index (χ2v) is 20.4. The minimum Gasteiger partial charge on any atom is -0.691 e. The minimum atomic E-state index is -2.56. The molecule has 3 fully saturated rings. The molecule has 7 rings (SSSR count). The van der Waals surface area contributed by atoms with Gasteiger partial charge in [-0.3, -0.25) is 38.6 Å². The normalized spacial score (nSPS) is 28.0. The van der Waals surface area contributed by atoms with E-state index in [4.69, 9.17) is 14.7 Å². The van der Waals surface area contributed by atoms with E-state index in [0.717, 1.165) is 47.4 Å². The molecule has 0 radical (unpaired) electrons. The molecule has 440 valence electrons. The number of aromatic hydroxyl groups is 1. The topological polar surface area (TPSA) is 471 Å². The van der Waals surface area contributed by atoms with Gasteiger partial charge >= 0.3 is 35.7 Å². The molecule has 0 saturated carbocycles. The van der Waals surface area contributed by atoms with Crippen molar-refractivity contribution in [2.75, 3.05) is 19.7 Å². The predicted octanol–water partition coefficient (Wildman–Crippen LogP) is -8.70. The molecule has 4 aliphatic rings. The summed E-state index contributed by atoms with van der Waals surface area (Å²) in [5.41, 5.74) is 8.36. The Hall–Kier alpha value is -6.27. The molecular formula is C50H61N8NaO22S. The maximum absolute atomic E-state index is 14.6. The number of fused-ring (bicyclic) bond motifs is 5. The molecule has 3 saturated heterocycles. The number of rotatable bonds is 14. The van der Waals surface area contributed by atoms with Gasteiger partial charge in [0, 0.05) is 37.8 Å². The average molecular weight is 1180 g/mol. The number of nitrogens with one attached hydrogen (secondary N) is 5. The first-order chi connectivity index (χ1) is 38.4. The van der Waals surface area contributed by atoms with Gasteiger partial charge in [0.2, 0.25) is 41.4 Å². The number of amides is 8. The van der Waals surface area contributed by atoms with Crippen LogP contribution in [0, 0.1) is 5.92 Å². The van der Waals surface area contributed by atoms with Crippen molar-refractivity contribution in [3.63, 3.8) is 0 Å². The number of benzene rings is 3. The summed E-state index contributed by atoms with van der Waals surface area (Å²) in [6, 6.07) is 4.67. The van der Waals surface area contributed by atoms with E-state index in [1.54, 1.807) is 12.1 Å². The summed E-state index contributed by atoms with van der Waals surface area (Å²) in [5, 5.41) is 125. The van der Waals surface area contributed by atoms with Gasteiger partial charge in [-0.05, 0) is 46.9 Å². The third-order valence-corrected chi connectivity index (χ3v) is 14.7. The molecule has 3 aromatic carbocycles. The van der Waals surface area contributed by atoms with Crippen molar-refractivity contribution in [1.29, 1.82) is 0 Å². The number of nitrogens with two attached hydrogens (primary N) is 1. The van der Waals surface area contributed by atoms with Crippen LogP contribution in [0.5, 0.6) is 11.5 Å². The largest absolute Gasteiger partial charge is 1.00 e. The zero-order valence-corrected chi connectivity index (χ0v) is 46.9. The maximum Gasteiger partial charge on any atom is 1.00 e. The van der Waals surface area contributed by atoms with E-state index >= 15 is 0 Å². The van der Waals surface area contributed by atoms with Gasteiger partial charge in [-0.1, -0.05) is 61.5 Å². The van der Waals surface area contributed by atoms with Gasteiger partial charge in [0.25, 0.3) is 12.3 Å². The second-order valence-electron chi connectivity index (χ2n) is 20.0. The number of primary amides is 1. The molecule has 8 amide bonds. The van der Waals surface area contributed by atoms with Gasteiger partial charge in [0.15, 0.2) is 17.7 Å². The molecule has 3 heterocycles. The van der Waals surface area contributed by atoms with Gasteiger partial charge in [-0.2, -0.15) is 0 Å². The van der Waals surface area contributed by atoms with E-state index in [9.17, 15) is 89.6 Å². The van der Waals surface area contributed by atoms with Crippen LogP contribution in [0.4, 0.5) is 4.79 Å². The number of aliphatic hydroxyl groups excluding tert-OH is 8. The fraction of sp³-hybridized carbons (Fsp3) is 0.480. The van der Waals surface area contributed by atoms with Crippen LogP contribution >= 0.6 is 12.3 Å². The predicted molar refractivity (Wildman–Crippen MR) is 270 cm³/mol. The number of phenols is 1. The summed E-state index contributed by atoms with van der Waals surface area (Å²) in [6.45, 7) is 0.912. The summed E-state index contributed by atoms with van der Waals surface area (Å²) >= 11 is -0.0971. The first-order valence-corrected chi connectivity index (χ1v) is 25.9. The monoisotopic (exact) mass is 1180 g/mol. The van der Waals surface area contributed by atoms with Crippen LogP contribution in [0.1, 0.15) is 61.8 Å². The van der Waals surface area contributed by atoms with E-state index in [0.29, 0.717) is 9.80 Å². The molecular weight excluding hydrogens is 1120 g/mol.